The van der Waals surface area contributed by atoms with Gasteiger partial charge in [-0.25, -0.2) is 4.39 Å². The molecule has 7 heteroatoms. The van der Waals surface area contributed by atoms with Crippen molar-refractivity contribution in [1.82, 2.24) is 0 Å². The molecule has 0 bridgehead atoms. The molecule has 3 aromatic carbocycles. The molecule has 0 saturated carbocycles. The number of ether oxygens (including phenoxy) is 3. The van der Waals surface area contributed by atoms with Crippen molar-refractivity contribution >= 4 is 5.97 Å². The zero-order valence-corrected chi connectivity index (χ0v) is 19.4. The number of aliphatic carboxylic acids is 1. The molecular weight excluding hydrogens is 449 g/mol. The molecule has 178 valence electrons. The summed E-state index contributed by atoms with van der Waals surface area (Å²) >= 11 is 0. The number of carboxylic acid groups (broad SMARTS) is 1. The first-order chi connectivity index (χ1) is 16.8. The largest absolute Gasteiger partial charge is 0.492 e. The van der Waals surface area contributed by atoms with Crippen molar-refractivity contribution in [2.75, 3.05) is 6.61 Å². The van der Waals surface area contributed by atoms with Gasteiger partial charge in [0.15, 0.2) is 0 Å². The Morgan fingerprint density at radius 2 is 1.94 bits per heavy atom. The molecule has 0 spiro atoms. The molecule has 1 N–H and O–H groups in total. The van der Waals surface area contributed by atoms with Crippen molar-refractivity contribution in [3.05, 3.63) is 81.7 Å². The highest BCUT2D eigenvalue weighted by molar-refractivity contribution is 5.69. The van der Waals surface area contributed by atoms with Crippen molar-refractivity contribution in [2.45, 2.75) is 45.1 Å². The fourth-order valence-electron chi connectivity index (χ4n) is 5.02. The Bertz CT molecular complexity index is 1350. The van der Waals surface area contributed by atoms with E-state index in [0.717, 1.165) is 22.3 Å². The topological polar surface area (TPSA) is 88.8 Å². The van der Waals surface area contributed by atoms with E-state index in [1.54, 1.807) is 18.2 Å². The van der Waals surface area contributed by atoms with E-state index >= 15 is 0 Å². The van der Waals surface area contributed by atoms with Crippen LogP contribution >= 0.6 is 0 Å². The second kappa shape index (κ2) is 8.95. The van der Waals surface area contributed by atoms with Crippen LogP contribution in [0.4, 0.5) is 4.39 Å². The molecule has 1 aliphatic carbocycles. The van der Waals surface area contributed by atoms with Gasteiger partial charge in [0, 0.05) is 28.7 Å². The number of aryl methyl sites for hydroxylation is 2. The van der Waals surface area contributed by atoms with Crippen molar-refractivity contribution in [3.8, 4) is 29.1 Å². The van der Waals surface area contributed by atoms with Crippen LogP contribution in [0.5, 0.6) is 23.0 Å². The Balaban J connectivity index is 1.38. The van der Waals surface area contributed by atoms with Crippen LogP contribution in [0, 0.1) is 31.0 Å². The number of nitrogens with zero attached hydrogens (tertiary/aromatic N) is 1. The third-order valence-electron chi connectivity index (χ3n) is 6.65. The van der Waals surface area contributed by atoms with Crippen LogP contribution in [-0.2, 0) is 11.2 Å². The number of hydrogen-bond acceptors (Lipinski definition) is 5. The van der Waals surface area contributed by atoms with Gasteiger partial charge >= 0.3 is 5.97 Å². The molecule has 35 heavy (non-hydrogen) atoms. The minimum Gasteiger partial charge on any atom is -0.492 e. The van der Waals surface area contributed by atoms with Gasteiger partial charge in [-0.2, -0.15) is 5.26 Å². The van der Waals surface area contributed by atoms with Crippen LogP contribution in [0.25, 0.3) is 0 Å². The lowest BCUT2D eigenvalue weighted by atomic mass is 9.98. The molecule has 2 aliphatic rings. The summed E-state index contributed by atoms with van der Waals surface area (Å²) in [6.45, 7) is 4.05. The zero-order valence-electron chi connectivity index (χ0n) is 19.4. The Labute approximate surface area is 202 Å². The number of carbonyl (C=O) groups is 1. The standard InChI is InChI=1S/C28H24FNO5/c1-15-9-19(10-16(2)22(15)13-30)35-24-8-6-23(29)28-21(24)5-7-25(28)34-18-3-4-20-17(11-27(31)32)14-33-26(20)12-18/h3-4,6,8-10,12,17,25H,5,7,11,14H2,1-2H3,(H,31,32)/t17-,25-/m1/s1. The van der Waals surface area contributed by atoms with E-state index in [4.69, 9.17) is 19.3 Å². The summed E-state index contributed by atoms with van der Waals surface area (Å²) in [5.74, 6) is 0.928. The summed E-state index contributed by atoms with van der Waals surface area (Å²) in [4.78, 5) is 11.1. The maximum absolute atomic E-state index is 14.9. The van der Waals surface area contributed by atoms with Crippen molar-refractivity contribution in [1.29, 1.82) is 5.26 Å². The first-order valence-corrected chi connectivity index (χ1v) is 11.5. The molecule has 0 saturated heterocycles. The molecule has 2 atom stereocenters. The number of benzene rings is 3. The molecule has 5 rings (SSSR count). The van der Waals surface area contributed by atoms with Gasteiger partial charge in [0.1, 0.15) is 34.9 Å². The van der Waals surface area contributed by atoms with E-state index in [2.05, 4.69) is 6.07 Å². The fourth-order valence-corrected chi connectivity index (χ4v) is 5.02. The zero-order chi connectivity index (χ0) is 24.7. The Hall–Kier alpha value is -4.05. The van der Waals surface area contributed by atoms with Crippen LogP contribution in [0.15, 0.2) is 42.5 Å². The minimum atomic E-state index is -0.867. The van der Waals surface area contributed by atoms with E-state index in [-0.39, 0.29) is 18.2 Å². The predicted molar refractivity (Wildman–Crippen MR) is 126 cm³/mol. The highest BCUT2D eigenvalue weighted by Gasteiger charge is 2.32. The van der Waals surface area contributed by atoms with E-state index in [1.165, 1.54) is 6.07 Å². The van der Waals surface area contributed by atoms with E-state index in [0.29, 0.717) is 53.6 Å². The van der Waals surface area contributed by atoms with Crippen molar-refractivity contribution in [2.24, 2.45) is 0 Å². The first-order valence-electron chi connectivity index (χ1n) is 11.5. The lowest BCUT2D eigenvalue weighted by Gasteiger charge is -2.17. The fraction of sp³-hybridized carbons (Fsp3) is 0.286. The van der Waals surface area contributed by atoms with E-state index < -0.39 is 12.1 Å². The number of fused-ring (bicyclic) bond motifs is 2. The Morgan fingerprint density at radius 3 is 2.66 bits per heavy atom. The van der Waals surface area contributed by atoms with Crippen LogP contribution in [0.3, 0.4) is 0 Å². The van der Waals surface area contributed by atoms with Gasteiger partial charge in [-0.05, 0) is 68.1 Å². The minimum absolute atomic E-state index is 0.00941. The van der Waals surface area contributed by atoms with Gasteiger partial charge in [0.25, 0.3) is 0 Å². The van der Waals surface area contributed by atoms with E-state index in [9.17, 15) is 14.4 Å². The molecule has 0 amide bonds. The predicted octanol–water partition coefficient (Wildman–Crippen LogP) is 6.12. The van der Waals surface area contributed by atoms with Gasteiger partial charge in [0.05, 0.1) is 24.7 Å². The summed E-state index contributed by atoms with van der Waals surface area (Å²) in [6, 6.07) is 14.2. The normalized spacial score (nSPS) is 17.8. The van der Waals surface area contributed by atoms with Crippen LogP contribution in [-0.4, -0.2) is 17.7 Å². The second-order valence-corrected chi connectivity index (χ2v) is 9.03. The van der Waals surface area contributed by atoms with Gasteiger partial charge in [-0.1, -0.05) is 6.07 Å². The summed E-state index contributed by atoms with van der Waals surface area (Å²) in [5.41, 5.74) is 4.38. The summed E-state index contributed by atoms with van der Waals surface area (Å²) in [5, 5.41) is 18.4. The van der Waals surface area contributed by atoms with E-state index in [1.807, 2.05) is 32.0 Å². The summed E-state index contributed by atoms with van der Waals surface area (Å²) in [6.07, 6.45) is 0.726. The molecule has 0 radical (unpaired) electrons. The highest BCUT2D eigenvalue weighted by Crippen LogP contribution is 2.44. The van der Waals surface area contributed by atoms with Crippen LogP contribution in [0.1, 0.15) is 58.2 Å². The van der Waals surface area contributed by atoms with Crippen molar-refractivity contribution in [3.63, 3.8) is 0 Å². The number of hydrogen-bond donors (Lipinski definition) is 1. The maximum Gasteiger partial charge on any atom is 0.304 e. The molecule has 6 nitrogen and oxygen atoms in total. The molecule has 1 aliphatic heterocycles. The molecule has 3 aromatic rings. The van der Waals surface area contributed by atoms with Crippen LogP contribution < -0.4 is 14.2 Å². The third kappa shape index (κ3) is 4.28. The number of halogens is 1. The Morgan fingerprint density at radius 1 is 1.17 bits per heavy atom. The monoisotopic (exact) mass is 473 g/mol. The van der Waals surface area contributed by atoms with Gasteiger partial charge < -0.3 is 19.3 Å². The molecule has 1 heterocycles. The number of nitriles is 1. The Kier molecular flexibility index (Phi) is 5.81. The smallest absolute Gasteiger partial charge is 0.304 e. The maximum atomic E-state index is 14.9. The summed E-state index contributed by atoms with van der Waals surface area (Å²) < 4.78 is 32.9. The highest BCUT2D eigenvalue weighted by atomic mass is 19.1. The third-order valence-corrected chi connectivity index (χ3v) is 6.65. The quantitative estimate of drug-likeness (QED) is 0.464. The van der Waals surface area contributed by atoms with Gasteiger partial charge in [-0.3, -0.25) is 4.79 Å². The lowest BCUT2D eigenvalue weighted by Crippen LogP contribution is -2.07. The number of rotatable bonds is 6. The second-order valence-electron chi connectivity index (χ2n) is 9.03. The van der Waals surface area contributed by atoms with Gasteiger partial charge in [0.2, 0.25) is 0 Å². The average molecular weight is 474 g/mol. The molecule has 0 aromatic heterocycles. The molecule has 0 fully saturated rings. The first kappa shape index (κ1) is 22.7. The molecule has 0 unspecified atom stereocenters. The van der Waals surface area contributed by atoms with Crippen LogP contribution in [0.2, 0.25) is 0 Å². The molecular formula is C28H24FNO5. The average Bonchev–Trinajstić information content (AvgIpc) is 3.40. The SMILES string of the molecule is Cc1cc(Oc2ccc(F)c3c2CC[C@H]3Oc2ccc3c(c2)OC[C@H]3CC(=O)O)cc(C)c1C#N. The van der Waals surface area contributed by atoms with Crippen molar-refractivity contribution < 1.29 is 28.5 Å². The van der Waals surface area contributed by atoms with Gasteiger partial charge in [-0.15, -0.1) is 0 Å². The number of carboxylic acids is 1. The summed E-state index contributed by atoms with van der Waals surface area (Å²) in [7, 11) is 0. The lowest BCUT2D eigenvalue weighted by molar-refractivity contribution is -0.137.